The van der Waals surface area contributed by atoms with E-state index in [9.17, 15) is 0 Å². The molecule has 0 aromatic carbocycles. The Morgan fingerprint density at radius 1 is 1.19 bits per heavy atom. The second-order valence-corrected chi connectivity index (χ2v) is 7.00. The molecule has 0 radical (unpaired) electrons. The van der Waals surface area contributed by atoms with Crippen LogP contribution >= 0.6 is 11.8 Å². The van der Waals surface area contributed by atoms with Gasteiger partial charge in [0, 0.05) is 23.9 Å². The van der Waals surface area contributed by atoms with Crippen LogP contribution in [0.3, 0.4) is 0 Å². The summed E-state index contributed by atoms with van der Waals surface area (Å²) in [6.45, 7) is 3.96. The highest BCUT2D eigenvalue weighted by molar-refractivity contribution is 8.00. The van der Waals surface area contributed by atoms with E-state index in [1.165, 1.54) is 32.1 Å². The second-order valence-electron chi connectivity index (χ2n) is 5.72. The van der Waals surface area contributed by atoms with Crippen molar-refractivity contribution in [1.29, 1.82) is 0 Å². The Labute approximate surface area is 131 Å². The van der Waals surface area contributed by atoms with Gasteiger partial charge in [0.25, 0.3) is 0 Å². The number of hydrogen-bond acceptors (Lipinski definition) is 6. The standard InChI is InChI=1S/C15H27N5S/c1-3-9-17-12-10-13(20-14(16)19-12)18-11-15(21-2)7-5-4-6-8-15/h10H,3-9,11H2,1-2H3,(H4,16,17,18,19,20). The van der Waals surface area contributed by atoms with E-state index < -0.39 is 0 Å². The molecule has 1 saturated carbocycles. The molecule has 1 aromatic heterocycles. The smallest absolute Gasteiger partial charge is 0.223 e. The molecule has 2 rings (SSSR count). The quantitative estimate of drug-likeness (QED) is 0.717. The Bertz CT molecular complexity index is 446. The molecule has 1 aliphatic rings. The highest BCUT2D eigenvalue weighted by Crippen LogP contribution is 2.38. The average Bonchev–Trinajstić information content (AvgIpc) is 2.51. The molecular weight excluding hydrogens is 282 g/mol. The van der Waals surface area contributed by atoms with Gasteiger partial charge in [-0.3, -0.25) is 0 Å². The fourth-order valence-electron chi connectivity index (χ4n) is 2.80. The van der Waals surface area contributed by atoms with Crippen LogP contribution in [-0.2, 0) is 0 Å². The van der Waals surface area contributed by atoms with E-state index in [1.807, 2.05) is 17.8 Å². The SMILES string of the molecule is CCCNc1cc(NCC2(SC)CCCCC2)nc(N)n1. The summed E-state index contributed by atoms with van der Waals surface area (Å²) in [7, 11) is 0. The third-order valence-corrected chi connectivity index (χ3v) is 5.51. The van der Waals surface area contributed by atoms with Crippen molar-refractivity contribution in [3.05, 3.63) is 6.07 Å². The van der Waals surface area contributed by atoms with Gasteiger partial charge in [-0.1, -0.05) is 26.2 Å². The summed E-state index contributed by atoms with van der Waals surface area (Å²) in [4.78, 5) is 8.51. The van der Waals surface area contributed by atoms with Crippen LogP contribution in [0.15, 0.2) is 6.07 Å². The Morgan fingerprint density at radius 3 is 2.48 bits per heavy atom. The third kappa shape index (κ3) is 4.66. The van der Waals surface area contributed by atoms with E-state index in [-0.39, 0.29) is 0 Å². The number of nitrogen functional groups attached to an aromatic ring is 1. The lowest BCUT2D eigenvalue weighted by Crippen LogP contribution is -2.35. The summed E-state index contributed by atoms with van der Waals surface area (Å²) in [5, 5.41) is 6.73. The largest absolute Gasteiger partial charge is 0.370 e. The first-order valence-electron chi connectivity index (χ1n) is 7.85. The van der Waals surface area contributed by atoms with Crippen LogP contribution < -0.4 is 16.4 Å². The molecule has 21 heavy (non-hydrogen) atoms. The predicted molar refractivity (Wildman–Crippen MR) is 93.0 cm³/mol. The van der Waals surface area contributed by atoms with E-state index in [0.717, 1.165) is 31.1 Å². The van der Waals surface area contributed by atoms with E-state index in [2.05, 4.69) is 33.8 Å². The first kappa shape index (κ1) is 16.2. The molecule has 118 valence electrons. The van der Waals surface area contributed by atoms with E-state index in [0.29, 0.717) is 10.7 Å². The summed E-state index contributed by atoms with van der Waals surface area (Å²) in [5.74, 6) is 1.94. The molecule has 0 unspecified atom stereocenters. The van der Waals surface area contributed by atoms with Crippen LogP contribution in [0.1, 0.15) is 45.4 Å². The first-order valence-corrected chi connectivity index (χ1v) is 9.07. The Morgan fingerprint density at radius 2 is 1.86 bits per heavy atom. The number of anilines is 3. The van der Waals surface area contributed by atoms with Gasteiger partial charge in [0.05, 0.1) is 0 Å². The fraction of sp³-hybridized carbons (Fsp3) is 0.733. The van der Waals surface area contributed by atoms with Crippen molar-refractivity contribution in [3.8, 4) is 0 Å². The first-order chi connectivity index (χ1) is 10.2. The van der Waals surface area contributed by atoms with Crippen molar-refractivity contribution >= 4 is 29.3 Å². The van der Waals surface area contributed by atoms with Gasteiger partial charge in [-0.05, 0) is 25.5 Å². The molecule has 0 spiro atoms. The van der Waals surface area contributed by atoms with Crippen molar-refractivity contribution in [3.63, 3.8) is 0 Å². The van der Waals surface area contributed by atoms with Crippen LogP contribution in [-0.4, -0.2) is 34.1 Å². The topological polar surface area (TPSA) is 75.9 Å². The minimum Gasteiger partial charge on any atom is -0.370 e. The summed E-state index contributed by atoms with van der Waals surface area (Å²) < 4.78 is 0.342. The lowest BCUT2D eigenvalue weighted by Gasteiger charge is -2.36. The van der Waals surface area contributed by atoms with Crippen LogP contribution in [0.5, 0.6) is 0 Å². The third-order valence-electron chi connectivity index (χ3n) is 4.09. The normalized spacial score (nSPS) is 17.4. The second kappa shape index (κ2) is 7.73. The molecule has 1 aliphatic carbocycles. The zero-order chi connectivity index (χ0) is 15.1. The van der Waals surface area contributed by atoms with Crippen molar-refractivity contribution < 1.29 is 0 Å². The van der Waals surface area contributed by atoms with Crippen LogP contribution in [0.25, 0.3) is 0 Å². The number of aromatic nitrogens is 2. The molecule has 0 saturated heterocycles. The van der Waals surface area contributed by atoms with Gasteiger partial charge in [-0.2, -0.15) is 21.7 Å². The van der Waals surface area contributed by atoms with Gasteiger partial charge in [-0.15, -0.1) is 0 Å². The molecule has 1 fully saturated rings. The maximum atomic E-state index is 5.80. The lowest BCUT2D eigenvalue weighted by molar-refractivity contribution is 0.411. The van der Waals surface area contributed by atoms with Crippen molar-refractivity contribution in [1.82, 2.24) is 9.97 Å². The van der Waals surface area contributed by atoms with Gasteiger partial charge in [0.2, 0.25) is 5.95 Å². The summed E-state index contributed by atoms with van der Waals surface area (Å²) in [6, 6.07) is 1.95. The number of thioether (sulfide) groups is 1. The minimum absolute atomic E-state index is 0.320. The van der Waals surface area contributed by atoms with Gasteiger partial charge in [0.15, 0.2) is 0 Å². The molecule has 4 N–H and O–H groups in total. The highest BCUT2D eigenvalue weighted by atomic mass is 32.2. The molecule has 0 amide bonds. The monoisotopic (exact) mass is 309 g/mol. The maximum Gasteiger partial charge on any atom is 0.223 e. The Kier molecular flexibility index (Phi) is 5.96. The van der Waals surface area contributed by atoms with E-state index in [1.54, 1.807) is 0 Å². The van der Waals surface area contributed by atoms with Crippen LogP contribution in [0.2, 0.25) is 0 Å². The van der Waals surface area contributed by atoms with Crippen molar-refractivity contribution in [2.45, 2.75) is 50.2 Å². The molecule has 0 aliphatic heterocycles. The Balaban J connectivity index is 1.99. The van der Waals surface area contributed by atoms with Crippen molar-refractivity contribution in [2.24, 2.45) is 0 Å². The maximum absolute atomic E-state index is 5.80. The van der Waals surface area contributed by atoms with Gasteiger partial charge in [0.1, 0.15) is 11.6 Å². The number of nitrogens with zero attached hydrogens (tertiary/aromatic N) is 2. The van der Waals surface area contributed by atoms with Gasteiger partial charge >= 0.3 is 0 Å². The zero-order valence-electron chi connectivity index (χ0n) is 13.1. The van der Waals surface area contributed by atoms with Crippen molar-refractivity contribution in [2.75, 3.05) is 35.7 Å². The number of nitrogens with one attached hydrogen (secondary N) is 2. The summed E-state index contributed by atoms with van der Waals surface area (Å²) in [5.41, 5.74) is 5.80. The fourth-order valence-corrected chi connectivity index (χ4v) is 3.71. The van der Waals surface area contributed by atoms with E-state index >= 15 is 0 Å². The molecule has 0 bridgehead atoms. The van der Waals surface area contributed by atoms with Gasteiger partial charge < -0.3 is 16.4 Å². The van der Waals surface area contributed by atoms with Crippen LogP contribution in [0.4, 0.5) is 17.6 Å². The predicted octanol–water partition coefficient (Wildman–Crippen LogP) is 3.36. The molecule has 1 aromatic rings. The Hall–Kier alpha value is -1.17. The van der Waals surface area contributed by atoms with E-state index in [4.69, 9.17) is 5.73 Å². The molecule has 5 nitrogen and oxygen atoms in total. The van der Waals surface area contributed by atoms with Crippen LogP contribution in [0, 0.1) is 0 Å². The summed E-state index contributed by atoms with van der Waals surface area (Å²) in [6.07, 6.45) is 9.87. The highest BCUT2D eigenvalue weighted by Gasteiger charge is 2.30. The average molecular weight is 309 g/mol. The lowest BCUT2D eigenvalue weighted by atomic mass is 9.88. The minimum atomic E-state index is 0.320. The number of nitrogens with two attached hydrogens (primary N) is 1. The molecular formula is C15H27N5S. The molecule has 6 heteroatoms. The molecule has 0 atom stereocenters. The zero-order valence-corrected chi connectivity index (χ0v) is 13.9. The molecule has 1 heterocycles. The van der Waals surface area contributed by atoms with Gasteiger partial charge in [-0.25, -0.2) is 0 Å². The summed E-state index contributed by atoms with van der Waals surface area (Å²) >= 11 is 1.98. The number of rotatable bonds is 7. The number of hydrogen-bond donors (Lipinski definition) is 3.